The SMILES string of the molecule is O=C(c1ccc(F)cc1)C1CCN(C(F)CC(=O)C(O)c2ccccc2)CC1. The molecule has 2 aromatic rings. The summed E-state index contributed by atoms with van der Waals surface area (Å²) in [6.45, 7) is 0.709. The van der Waals surface area contributed by atoms with Crippen molar-refractivity contribution >= 4 is 11.6 Å². The number of ketones is 2. The number of likely N-dealkylation sites (tertiary alicyclic amines) is 1. The molecule has 0 bridgehead atoms. The van der Waals surface area contributed by atoms with Gasteiger partial charge in [0, 0.05) is 24.6 Å². The standard InChI is InChI=1S/C22H23F2NO3/c23-18-8-6-16(7-9-18)21(27)17-10-12-25(13-11-17)20(24)14-19(26)22(28)15-4-2-1-3-5-15/h1-9,17,20,22,28H,10-14H2. The van der Waals surface area contributed by atoms with Gasteiger partial charge in [-0.25, -0.2) is 8.78 Å². The van der Waals surface area contributed by atoms with Crippen LogP contribution >= 0.6 is 0 Å². The van der Waals surface area contributed by atoms with E-state index >= 15 is 0 Å². The lowest BCUT2D eigenvalue weighted by Gasteiger charge is -2.33. The number of benzene rings is 2. The fourth-order valence-corrected chi connectivity index (χ4v) is 3.52. The average Bonchev–Trinajstić information content (AvgIpc) is 2.74. The number of carbonyl (C=O) groups excluding carboxylic acids is 2. The molecule has 0 saturated carbocycles. The van der Waals surface area contributed by atoms with E-state index in [1.165, 1.54) is 29.2 Å². The number of rotatable bonds is 7. The summed E-state index contributed by atoms with van der Waals surface area (Å²) in [6.07, 6.45) is -2.27. The van der Waals surface area contributed by atoms with Crippen molar-refractivity contribution in [3.63, 3.8) is 0 Å². The van der Waals surface area contributed by atoms with E-state index < -0.39 is 30.4 Å². The first-order valence-corrected chi connectivity index (χ1v) is 9.39. The van der Waals surface area contributed by atoms with Gasteiger partial charge in [0.05, 0.1) is 6.42 Å². The minimum Gasteiger partial charge on any atom is -0.381 e. The molecule has 1 N–H and O–H groups in total. The van der Waals surface area contributed by atoms with E-state index in [9.17, 15) is 23.5 Å². The third-order valence-electron chi connectivity index (χ3n) is 5.22. The van der Waals surface area contributed by atoms with E-state index in [1.54, 1.807) is 30.3 Å². The van der Waals surface area contributed by atoms with Crippen LogP contribution < -0.4 is 0 Å². The Bertz CT molecular complexity index is 802. The van der Waals surface area contributed by atoms with Crippen molar-refractivity contribution in [2.24, 2.45) is 5.92 Å². The number of aliphatic hydroxyl groups excluding tert-OH is 1. The van der Waals surface area contributed by atoms with E-state index in [-0.39, 0.29) is 11.7 Å². The highest BCUT2D eigenvalue weighted by Crippen LogP contribution is 2.25. The molecule has 2 unspecified atom stereocenters. The minimum atomic E-state index is -1.49. The van der Waals surface area contributed by atoms with Crippen LogP contribution in [0.25, 0.3) is 0 Å². The van der Waals surface area contributed by atoms with Crippen LogP contribution in [0.3, 0.4) is 0 Å². The fourth-order valence-electron chi connectivity index (χ4n) is 3.52. The Kier molecular flexibility index (Phi) is 6.65. The van der Waals surface area contributed by atoms with Crippen LogP contribution in [0.2, 0.25) is 0 Å². The number of carbonyl (C=O) groups is 2. The first-order valence-electron chi connectivity index (χ1n) is 9.39. The highest BCUT2D eigenvalue weighted by molar-refractivity contribution is 5.97. The molecule has 0 aliphatic carbocycles. The van der Waals surface area contributed by atoms with Crippen molar-refractivity contribution in [1.82, 2.24) is 4.90 Å². The van der Waals surface area contributed by atoms with Gasteiger partial charge in [-0.3, -0.25) is 14.5 Å². The van der Waals surface area contributed by atoms with Gasteiger partial charge in [0.25, 0.3) is 0 Å². The average molecular weight is 387 g/mol. The molecule has 1 saturated heterocycles. The summed E-state index contributed by atoms with van der Waals surface area (Å²) in [7, 11) is 0. The Labute approximate surface area is 162 Å². The quantitative estimate of drug-likeness (QED) is 0.581. The zero-order valence-electron chi connectivity index (χ0n) is 15.4. The van der Waals surface area contributed by atoms with Gasteiger partial charge in [0.1, 0.15) is 11.9 Å². The maximum atomic E-state index is 14.6. The van der Waals surface area contributed by atoms with Gasteiger partial charge in [0.2, 0.25) is 0 Å². The molecule has 1 heterocycles. The molecule has 0 spiro atoms. The molecule has 6 heteroatoms. The molecule has 3 rings (SSSR count). The first kappa shape index (κ1) is 20.3. The van der Waals surface area contributed by atoms with Gasteiger partial charge < -0.3 is 5.11 Å². The molecule has 2 aromatic carbocycles. The lowest BCUT2D eigenvalue weighted by atomic mass is 9.88. The van der Waals surface area contributed by atoms with Gasteiger partial charge in [-0.15, -0.1) is 0 Å². The second kappa shape index (κ2) is 9.17. The second-order valence-electron chi connectivity index (χ2n) is 7.10. The third-order valence-corrected chi connectivity index (χ3v) is 5.22. The van der Waals surface area contributed by atoms with Crippen LogP contribution in [-0.2, 0) is 4.79 Å². The highest BCUT2D eigenvalue weighted by Gasteiger charge is 2.31. The zero-order chi connectivity index (χ0) is 20.1. The van der Waals surface area contributed by atoms with Crippen LogP contribution in [0.15, 0.2) is 54.6 Å². The van der Waals surface area contributed by atoms with E-state index in [0.717, 1.165) is 0 Å². The number of halogens is 2. The number of hydrogen-bond acceptors (Lipinski definition) is 4. The number of Topliss-reactive ketones (excluding diaryl/α,β-unsaturated/α-hetero) is 2. The van der Waals surface area contributed by atoms with Crippen LogP contribution in [-0.4, -0.2) is 41.0 Å². The molecule has 0 amide bonds. The molecule has 4 nitrogen and oxygen atoms in total. The monoisotopic (exact) mass is 387 g/mol. The zero-order valence-corrected chi connectivity index (χ0v) is 15.4. The number of piperidine rings is 1. The van der Waals surface area contributed by atoms with Crippen molar-refractivity contribution in [3.8, 4) is 0 Å². The summed E-state index contributed by atoms with van der Waals surface area (Å²) in [5.41, 5.74) is 0.904. The van der Waals surface area contributed by atoms with E-state index in [0.29, 0.717) is 37.1 Å². The van der Waals surface area contributed by atoms with Gasteiger partial charge in [-0.05, 0) is 42.7 Å². The fraction of sp³-hybridized carbons (Fsp3) is 0.364. The summed E-state index contributed by atoms with van der Waals surface area (Å²) in [5, 5.41) is 10.1. The van der Waals surface area contributed by atoms with Gasteiger partial charge in [-0.1, -0.05) is 30.3 Å². The second-order valence-corrected chi connectivity index (χ2v) is 7.10. The Hall–Kier alpha value is -2.44. The van der Waals surface area contributed by atoms with Crippen LogP contribution in [0.4, 0.5) is 8.78 Å². The predicted octanol–water partition coefficient (Wildman–Crippen LogP) is 3.71. The lowest BCUT2D eigenvalue weighted by molar-refractivity contribution is -0.130. The highest BCUT2D eigenvalue weighted by atomic mass is 19.1. The van der Waals surface area contributed by atoms with E-state index in [1.807, 2.05) is 0 Å². The minimum absolute atomic E-state index is 0.0642. The topological polar surface area (TPSA) is 57.6 Å². The molecular weight excluding hydrogens is 364 g/mol. The predicted molar refractivity (Wildman–Crippen MR) is 101 cm³/mol. The van der Waals surface area contributed by atoms with Crippen molar-refractivity contribution in [3.05, 3.63) is 71.5 Å². The summed E-state index contributed by atoms with van der Waals surface area (Å²) in [4.78, 5) is 26.2. The van der Waals surface area contributed by atoms with Gasteiger partial charge in [-0.2, -0.15) is 0 Å². The molecule has 28 heavy (non-hydrogen) atoms. The largest absolute Gasteiger partial charge is 0.381 e. The van der Waals surface area contributed by atoms with Crippen LogP contribution in [0.5, 0.6) is 0 Å². The van der Waals surface area contributed by atoms with Crippen molar-refractivity contribution in [2.75, 3.05) is 13.1 Å². The Morgan fingerprint density at radius 3 is 2.25 bits per heavy atom. The van der Waals surface area contributed by atoms with Crippen LogP contribution in [0, 0.1) is 11.7 Å². The van der Waals surface area contributed by atoms with Crippen molar-refractivity contribution < 1.29 is 23.5 Å². The number of nitrogens with zero attached hydrogens (tertiary/aromatic N) is 1. The molecule has 1 aliphatic rings. The molecule has 0 radical (unpaired) electrons. The Morgan fingerprint density at radius 1 is 1.04 bits per heavy atom. The summed E-state index contributed by atoms with van der Waals surface area (Å²) < 4.78 is 27.6. The molecule has 1 fully saturated rings. The molecular formula is C22H23F2NO3. The van der Waals surface area contributed by atoms with Crippen molar-refractivity contribution in [2.45, 2.75) is 31.7 Å². The third kappa shape index (κ3) is 4.88. The number of aliphatic hydroxyl groups is 1. The molecule has 1 aliphatic heterocycles. The molecule has 148 valence electrons. The van der Waals surface area contributed by atoms with E-state index in [4.69, 9.17) is 0 Å². The maximum Gasteiger partial charge on any atom is 0.170 e. The molecule has 0 aromatic heterocycles. The molecule has 2 atom stereocenters. The Balaban J connectivity index is 1.50. The van der Waals surface area contributed by atoms with Gasteiger partial charge >= 0.3 is 0 Å². The Morgan fingerprint density at radius 2 is 1.64 bits per heavy atom. The smallest absolute Gasteiger partial charge is 0.170 e. The summed E-state index contributed by atoms with van der Waals surface area (Å²) >= 11 is 0. The maximum absolute atomic E-state index is 14.6. The van der Waals surface area contributed by atoms with Crippen molar-refractivity contribution in [1.29, 1.82) is 0 Å². The van der Waals surface area contributed by atoms with E-state index in [2.05, 4.69) is 0 Å². The number of alkyl halides is 1. The summed E-state index contributed by atoms with van der Waals surface area (Å²) in [6, 6.07) is 13.9. The number of hydrogen-bond donors (Lipinski definition) is 1. The summed E-state index contributed by atoms with van der Waals surface area (Å²) in [5.74, 6) is -1.26. The van der Waals surface area contributed by atoms with Crippen LogP contribution in [0.1, 0.15) is 41.3 Å². The lowest BCUT2D eigenvalue weighted by Crippen LogP contribution is -2.42. The first-order chi connectivity index (χ1) is 13.5. The normalized spacial score (nSPS) is 17.8. The van der Waals surface area contributed by atoms with Gasteiger partial charge in [0.15, 0.2) is 17.9 Å².